The number of hydrogen-bond donors (Lipinski definition) is 1. The zero-order chi connectivity index (χ0) is 13.3. The van der Waals surface area contributed by atoms with Crippen molar-refractivity contribution in [2.24, 2.45) is 5.73 Å². The maximum Gasteiger partial charge on any atom is 0.320 e. The Bertz CT molecular complexity index is 590. The molecule has 0 aliphatic carbocycles. The van der Waals surface area contributed by atoms with E-state index in [0.717, 1.165) is 6.20 Å². The molecule has 8 nitrogen and oxygen atoms in total. The minimum absolute atomic E-state index is 0.386. The lowest BCUT2D eigenvalue weighted by Crippen LogP contribution is -2.14. The first-order chi connectivity index (χ1) is 8.49. The zero-order valence-corrected chi connectivity index (χ0v) is 10.4. The minimum atomic E-state index is -0.953. The molecule has 0 unspecified atom stereocenters. The molecule has 0 radical (unpaired) electrons. The van der Waals surface area contributed by atoms with Crippen molar-refractivity contribution in [2.75, 3.05) is 0 Å². The van der Waals surface area contributed by atoms with Crippen molar-refractivity contribution < 1.29 is 9.72 Å². The van der Waals surface area contributed by atoms with E-state index in [1.165, 1.54) is 10.9 Å². The first kappa shape index (κ1) is 12.2. The predicted molar refractivity (Wildman–Crippen MR) is 64.2 cm³/mol. The van der Waals surface area contributed by atoms with Crippen LogP contribution in [0.15, 0.2) is 29.1 Å². The maximum absolute atomic E-state index is 11.0. The number of aromatic nitrogens is 3. The summed E-state index contributed by atoms with van der Waals surface area (Å²) in [7, 11) is 0. The van der Waals surface area contributed by atoms with Gasteiger partial charge in [0.2, 0.25) is 5.69 Å². The molecule has 0 saturated carbocycles. The van der Waals surface area contributed by atoms with Gasteiger partial charge in [0.15, 0.2) is 0 Å². The molecular weight excluding hydrogens is 306 g/mol. The van der Waals surface area contributed by atoms with E-state index < -0.39 is 16.5 Å². The highest BCUT2D eigenvalue weighted by Crippen LogP contribution is 2.19. The van der Waals surface area contributed by atoms with Crippen LogP contribution in [0.4, 0.5) is 5.69 Å². The number of pyridine rings is 1. The van der Waals surface area contributed by atoms with Crippen LogP contribution >= 0.6 is 15.9 Å². The average Bonchev–Trinajstić information content (AvgIpc) is 2.75. The van der Waals surface area contributed by atoms with Gasteiger partial charge in [0.25, 0.3) is 5.91 Å². The van der Waals surface area contributed by atoms with E-state index in [0.29, 0.717) is 10.3 Å². The van der Waals surface area contributed by atoms with Gasteiger partial charge in [-0.05, 0) is 28.1 Å². The van der Waals surface area contributed by atoms with E-state index in [2.05, 4.69) is 26.0 Å². The summed E-state index contributed by atoms with van der Waals surface area (Å²) in [6.45, 7) is 0. The monoisotopic (exact) mass is 311 g/mol. The quantitative estimate of drug-likeness (QED) is 0.516. The number of hydrogen-bond acceptors (Lipinski definition) is 5. The van der Waals surface area contributed by atoms with Crippen LogP contribution in [0.1, 0.15) is 10.5 Å². The number of primary amides is 1. The normalized spacial score (nSPS) is 10.3. The molecule has 0 atom stereocenters. The highest BCUT2D eigenvalue weighted by atomic mass is 79.9. The summed E-state index contributed by atoms with van der Waals surface area (Å²) in [5.41, 5.74) is 4.68. The molecule has 2 aromatic heterocycles. The van der Waals surface area contributed by atoms with E-state index in [9.17, 15) is 14.9 Å². The summed E-state index contributed by atoms with van der Waals surface area (Å²) in [6, 6.07) is 3.28. The second-order valence-corrected chi connectivity index (χ2v) is 4.08. The Balaban J connectivity index is 2.53. The van der Waals surface area contributed by atoms with E-state index in [1.54, 1.807) is 12.1 Å². The van der Waals surface area contributed by atoms with Crippen LogP contribution in [0.5, 0.6) is 0 Å². The molecule has 2 aromatic rings. The van der Waals surface area contributed by atoms with Crippen molar-refractivity contribution in [3.8, 4) is 5.69 Å². The van der Waals surface area contributed by atoms with E-state index >= 15 is 0 Å². The molecule has 9 heteroatoms. The van der Waals surface area contributed by atoms with Crippen LogP contribution < -0.4 is 5.73 Å². The first-order valence-corrected chi connectivity index (χ1v) is 5.44. The summed E-state index contributed by atoms with van der Waals surface area (Å²) in [5.74, 6) is -0.953. The maximum atomic E-state index is 11.0. The van der Waals surface area contributed by atoms with Crippen LogP contribution in [0, 0.1) is 10.1 Å². The van der Waals surface area contributed by atoms with E-state index in [-0.39, 0.29) is 5.69 Å². The average molecular weight is 312 g/mol. The van der Waals surface area contributed by atoms with Crippen LogP contribution in [0.2, 0.25) is 0 Å². The molecule has 0 aromatic carbocycles. The fourth-order valence-corrected chi connectivity index (χ4v) is 1.54. The minimum Gasteiger partial charge on any atom is -0.364 e. The van der Waals surface area contributed by atoms with Gasteiger partial charge in [-0.2, -0.15) is 5.10 Å². The Morgan fingerprint density at radius 3 is 2.67 bits per heavy atom. The molecule has 0 saturated heterocycles. The molecule has 0 aliphatic rings. The van der Waals surface area contributed by atoms with Crippen molar-refractivity contribution in [3.63, 3.8) is 0 Å². The first-order valence-electron chi connectivity index (χ1n) is 4.65. The largest absolute Gasteiger partial charge is 0.364 e. The second-order valence-electron chi connectivity index (χ2n) is 3.27. The summed E-state index contributed by atoms with van der Waals surface area (Å²) in [5, 5.41) is 14.5. The molecule has 0 fully saturated rings. The highest BCUT2D eigenvalue weighted by molar-refractivity contribution is 9.10. The van der Waals surface area contributed by atoms with Gasteiger partial charge in [0, 0.05) is 0 Å². The summed E-state index contributed by atoms with van der Waals surface area (Å²) >= 11 is 3.16. The predicted octanol–water partition coefficient (Wildman–Crippen LogP) is 1.04. The van der Waals surface area contributed by atoms with Crippen LogP contribution in [0.3, 0.4) is 0 Å². The number of rotatable bonds is 3. The van der Waals surface area contributed by atoms with Gasteiger partial charge in [-0.15, -0.1) is 0 Å². The van der Waals surface area contributed by atoms with Crippen molar-refractivity contribution in [1.29, 1.82) is 0 Å². The molecule has 2 rings (SSSR count). The van der Waals surface area contributed by atoms with Gasteiger partial charge < -0.3 is 5.73 Å². The molecule has 1 amide bonds. The lowest BCUT2D eigenvalue weighted by molar-refractivity contribution is -0.385. The standard InChI is InChI=1S/C9H6BrN5O3/c10-7-2-1-5(3-12-7)14-4-6(15(17)18)8(13-14)9(11)16/h1-4H,(H2,11,16). The third-order valence-electron chi connectivity index (χ3n) is 2.10. The van der Waals surface area contributed by atoms with Crippen molar-refractivity contribution in [1.82, 2.24) is 14.8 Å². The molecule has 18 heavy (non-hydrogen) atoms. The van der Waals surface area contributed by atoms with Gasteiger partial charge in [0.05, 0.1) is 16.8 Å². The van der Waals surface area contributed by atoms with Gasteiger partial charge >= 0.3 is 5.69 Å². The molecule has 2 N–H and O–H groups in total. The summed E-state index contributed by atoms with van der Waals surface area (Å²) in [4.78, 5) is 25.0. The van der Waals surface area contributed by atoms with Crippen LogP contribution in [-0.2, 0) is 0 Å². The van der Waals surface area contributed by atoms with Crippen LogP contribution in [-0.4, -0.2) is 25.6 Å². The van der Waals surface area contributed by atoms with E-state index in [4.69, 9.17) is 5.73 Å². The lowest BCUT2D eigenvalue weighted by Gasteiger charge is -1.98. The number of nitrogens with zero attached hydrogens (tertiary/aromatic N) is 4. The smallest absolute Gasteiger partial charge is 0.320 e. The SMILES string of the molecule is NC(=O)c1nn(-c2ccc(Br)nc2)cc1[N+](=O)[O-]. The van der Waals surface area contributed by atoms with Crippen molar-refractivity contribution in [2.45, 2.75) is 0 Å². The fourth-order valence-electron chi connectivity index (χ4n) is 1.31. The van der Waals surface area contributed by atoms with Gasteiger partial charge in [-0.1, -0.05) is 0 Å². The molecule has 0 spiro atoms. The molecular formula is C9H6BrN5O3. The topological polar surface area (TPSA) is 117 Å². The number of nitrogens with two attached hydrogens (primary N) is 1. The van der Waals surface area contributed by atoms with E-state index in [1.807, 2.05) is 0 Å². The number of carbonyl (C=O) groups excluding carboxylic acids is 1. The number of nitro groups is 1. The Morgan fingerprint density at radius 2 is 2.22 bits per heavy atom. The van der Waals surface area contributed by atoms with Gasteiger partial charge in [0.1, 0.15) is 10.8 Å². The number of halogens is 1. The lowest BCUT2D eigenvalue weighted by atomic mass is 10.3. The molecule has 0 bridgehead atoms. The van der Waals surface area contributed by atoms with Crippen molar-refractivity contribution >= 4 is 27.5 Å². The zero-order valence-electron chi connectivity index (χ0n) is 8.78. The molecule has 0 aliphatic heterocycles. The Labute approximate surface area is 109 Å². The summed E-state index contributed by atoms with van der Waals surface area (Å²) < 4.78 is 1.79. The third-order valence-corrected chi connectivity index (χ3v) is 2.57. The number of amides is 1. The second kappa shape index (κ2) is 4.53. The Morgan fingerprint density at radius 1 is 1.50 bits per heavy atom. The van der Waals surface area contributed by atoms with Crippen LogP contribution in [0.25, 0.3) is 5.69 Å². The van der Waals surface area contributed by atoms with Gasteiger partial charge in [-0.25, -0.2) is 9.67 Å². The van der Waals surface area contributed by atoms with Gasteiger partial charge in [-0.3, -0.25) is 14.9 Å². The third kappa shape index (κ3) is 2.20. The Kier molecular flexibility index (Phi) is 3.06. The molecule has 92 valence electrons. The van der Waals surface area contributed by atoms with Crippen molar-refractivity contribution in [3.05, 3.63) is 44.9 Å². The summed E-state index contributed by atoms with van der Waals surface area (Å²) in [6.07, 6.45) is 2.57. The number of carbonyl (C=O) groups is 1. The molecule has 2 heterocycles. The Hall–Kier alpha value is -2.29. The fraction of sp³-hybridized carbons (Fsp3) is 0. The highest BCUT2D eigenvalue weighted by Gasteiger charge is 2.24.